The van der Waals surface area contributed by atoms with Crippen LogP contribution in [0.15, 0.2) is 41.3 Å². The molecular formula is C20H21NO3. The summed E-state index contributed by atoms with van der Waals surface area (Å²) in [7, 11) is 0. The highest BCUT2D eigenvalue weighted by atomic mass is 16.5. The van der Waals surface area contributed by atoms with Gasteiger partial charge in [-0.05, 0) is 48.6 Å². The Morgan fingerprint density at radius 2 is 2.08 bits per heavy atom. The summed E-state index contributed by atoms with van der Waals surface area (Å²) in [5.74, 6) is 0.622. The molecule has 4 nitrogen and oxygen atoms in total. The van der Waals surface area contributed by atoms with Crippen molar-refractivity contribution in [2.24, 2.45) is 0 Å². The zero-order valence-electron chi connectivity index (χ0n) is 13.8. The molecule has 1 aliphatic rings. The number of carbonyl (C=O) groups excluding carboxylic acids is 1. The first-order valence-corrected chi connectivity index (χ1v) is 8.36. The molecule has 0 saturated carbocycles. The predicted molar refractivity (Wildman–Crippen MR) is 95.4 cm³/mol. The third-order valence-corrected chi connectivity index (χ3v) is 4.24. The maximum absolute atomic E-state index is 12.4. The molecule has 1 heterocycles. The lowest BCUT2D eigenvalue weighted by molar-refractivity contribution is 0.112. The number of aryl methyl sites for hydroxylation is 1. The van der Waals surface area contributed by atoms with Crippen molar-refractivity contribution < 1.29 is 9.53 Å². The molecule has 3 rings (SSSR count). The summed E-state index contributed by atoms with van der Waals surface area (Å²) >= 11 is 0. The lowest BCUT2D eigenvalue weighted by atomic mass is 9.93. The molecule has 0 amide bonds. The third-order valence-electron chi connectivity index (χ3n) is 4.24. The first-order valence-electron chi connectivity index (χ1n) is 8.36. The maximum Gasteiger partial charge on any atom is 0.258 e. The number of aromatic nitrogens is 1. The lowest BCUT2D eigenvalue weighted by Gasteiger charge is -2.18. The summed E-state index contributed by atoms with van der Waals surface area (Å²) in [6.07, 6.45) is 8.30. The number of carbonyl (C=O) groups is 1. The van der Waals surface area contributed by atoms with Gasteiger partial charge in [0.15, 0.2) is 0 Å². The van der Waals surface area contributed by atoms with Crippen molar-refractivity contribution >= 4 is 18.1 Å². The van der Waals surface area contributed by atoms with E-state index in [1.54, 1.807) is 22.9 Å². The second kappa shape index (κ2) is 7.30. The first kappa shape index (κ1) is 16.2. The van der Waals surface area contributed by atoms with E-state index >= 15 is 0 Å². The zero-order valence-corrected chi connectivity index (χ0v) is 13.8. The average Bonchev–Trinajstić information content (AvgIpc) is 2.61. The fourth-order valence-electron chi connectivity index (χ4n) is 2.88. The van der Waals surface area contributed by atoms with Crippen LogP contribution in [-0.2, 0) is 6.42 Å². The van der Waals surface area contributed by atoms with Crippen molar-refractivity contribution in [1.29, 1.82) is 0 Å². The maximum atomic E-state index is 12.4. The Bertz CT molecular complexity index is 833. The van der Waals surface area contributed by atoms with Gasteiger partial charge in [0, 0.05) is 23.5 Å². The van der Waals surface area contributed by atoms with Crippen molar-refractivity contribution in [2.75, 3.05) is 6.61 Å². The van der Waals surface area contributed by atoms with Crippen LogP contribution < -0.4 is 10.3 Å². The number of rotatable bonds is 6. The summed E-state index contributed by atoms with van der Waals surface area (Å²) < 4.78 is 7.26. The molecule has 0 N–H and O–H groups in total. The van der Waals surface area contributed by atoms with Crippen molar-refractivity contribution in [3.63, 3.8) is 0 Å². The summed E-state index contributed by atoms with van der Waals surface area (Å²) in [5, 5.41) is 0. The molecule has 2 aromatic rings. The van der Waals surface area contributed by atoms with E-state index in [-0.39, 0.29) is 5.56 Å². The topological polar surface area (TPSA) is 48.3 Å². The Morgan fingerprint density at radius 3 is 2.83 bits per heavy atom. The van der Waals surface area contributed by atoms with Crippen LogP contribution in [0.5, 0.6) is 5.75 Å². The lowest BCUT2D eigenvalue weighted by Crippen LogP contribution is -2.19. The second-order valence-corrected chi connectivity index (χ2v) is 5.98. The van der Waals surface area contributed by atoms with Gasteiger partial charge >= 0.3 is 0 Å². The molecule has 24 heavy (non-hydrogen) atoms. The van der Waals surface area contributed by atoms with Gasteiger partial charge < -0.3 is 4.74 Å². The molecule has 0 bridgehead atoms. The number of benzene rings is 1. The normalized spacial score (nSPS) is 13.1. The molecular weight excluding hydrogens is 302 g/mol. The van der Waals surface area contributed by atoms with Gasteiger partial charge in [-0.1, -0.05) is 25.5 Å². The van der Waals surface area contributed by atoms with Crippen molar-refractivity contribution in [3.8, 4) is 5.75 Å². The number of hydrogen-bond acceptors (Lipinski definition) is 3. The fraction of sp³-hybridized carbons (Fsp3) is 0.300. The van der Waals surface area contributed by atoms with Crippen LogP contribution in [0.2, 0.25) is 0 Å². The van der Waals surface area contributed by atoms with Gasteiger partial charge in [0.05, 0.1) is 6.61 Å². The molecule has 1 aromatic heterocycles. The number of allylic oxidation sites excluding steroid dienone is 1. The van der Waals surface area contributed by atoms with E-state index in [0.717, 1.165) is 48.8 Å². The van der Waals surface area contributed by atoms with Gasteiger partial charge in [-0.3, -0.25) is 14.2 Å². The van der Waals surface area contributed by atoms with E-state index in [2.05, 4.69) is 6.92 Å². The summed E-state index contributed by atoms with van der Waals surface area (Å²) in [6.45, 7) is 2.74. The Hall–Kier alpha value is -2.62. The molecule has 4 heteroatoms. The molecule has 0 unspecified atom stereocenters. The zero-order chi connectivity index (χ0) is 16.9. The molecule has 0 spiro atoms. The van der Waals surface area contributed by atoms with E-state index in [1.165, 1.54) is 0 Å². The molecule has 0 atom stereocenters. The Balaban J connectivity index is 1.85. The quantitative estimate of drug-likeness (QED) is 0.600. The largest absolute Gasteiger partial charge is 0.493 e. The number of hydrogen-bond donors (Lipinski definition) is 0. The van der Waals surface area contributed by atoms with E-state index < -0.39 is 0 Å². The highest BCUT2D eigenvalue weighted by molar-refractivity contribution is 5.80. The Morgan fingerprint density at radius 1 is 1.21 bits per heavy atom. The van der Waals surface area contributed by atoms with Gasteiger partial charge in [0.25, 0.3) is 5.56 Å². The molecule has 0 aliphatic heterocycles. The minimum absolute atomic E-state index is 0.0804. The number of unbranched alkanes of at least 4 members (excludes halogenated alkanes) is 1. The molecule has 0 radical (unpaired) electrons. The van der Waals surface area contributed by atoms with Gasteiger partial charge in [0.1, 0.15) is 12.0 Å². The SMILES string of the molecule is CCCCOc1ccn(C2=Cc3ccc(C=O)cc3CC2)c(=O)c1. The standard InChI is InChI=1S/C20H21NO3/c1-2-3-10-24-19-8-9-21(20(23)13-19)18-7-6-16-11-15(14-22)4-5-17(16)12-18/h4-5,8-9,11-14H,2-3,6-7,10H2,1H3. The van der Waals surface area contributed by atoms with Crippen LogP contribution in [0, 0.1) is 0 Å². The monoisotopic (exact) mass is 323 g/mol. The van der Waals surface area contributed by atoms with Gasteiger partial charge in [0.2, 0.25) is 0 Å². The summed E-state index contributed by atoms with van der Waals surface area (Å²) in [5.41, 5.74) is 3.79. The number of aldehydes is 1. The molecule has 1 aliphatic carbocycles. The van der Waals surface area contributed by atoms with Crippen molar-refractivity contribution in [1.82, 2.24) is 4.57 Å². The minimum atomic E-state index is -0.0804. The molecule has 124 valence electrons. The first-order chi connectivity index (χ1) is 11.7. The van der Waals surface area contributed by atoms with E-state index in [0.29, 0.717) is 17.9 Å². The second-order valence-electron chi connectivity index (χ2n) is 5.98. The van der Waals surface area contributed by atoms with Crippen LogP contribution in [-0.4, -0.2) is 17.5 Å². The van der Waals surface area contributed by atoms with Crippen molar-refractivity contribution in [3.05, 3.63) is 63.6 Å². The average molecular weight is 323 g/mol. The highest BCUT2D eigenvalue weighted by Crippen LogP contribution is 2.26. The van der Waals surface area contributed by atoms with Gasteiger partial charge in [-0.15, -0.1) is 0 Å². The Labute approximate surface area is 141 Å². The number of pyridine rings is 1. The van der Waals surface area contributed by atoms with Crippen LogP contribution in [0.25, 0.3) is 11.8 Å². The highest BCUT2D eigenvalue weighted by Gasteiger charge is 2.13. The van der Waals surface area contributed by atoms with Crippen molar-refractivity contribution in [2.45, 2.75) is 32.6 Å². The molecule has 1 aromatic carbocycles. The summed E-state index contributed by atoms with van der Waals surface area (Å²) in [6, 6.07) is 9.04. The minimum Gasteiger partial charge on any atom is -0.493 e. The molecule has 0 saturated heterocycles. The van der Waals surface area contributed by atoms with Crippen LogP contribution in [0.3, 0.4) is 0 Å². The van der Waals surface area contributed by atoms with Crippen LogP contribution >= 0.6 is 0 Å². The van der Waals surface area contributed by atoms with Crippen LogP contribution in [0.1, 0.15) is 47.7 Å². The van der Waals surface area contributed by atoms with E-state index in [1.807, 2.05) is 24.3 Å². The number of ether oxygens (including phenoxy) is 1. The molecule has 0 fully saturated rings. The van der Waals surface area contributed by atoms with E-state index in [4.69, 9.17) is 4.74 Å². The number of nitrogens with zero attached hydrogens (tertiary/aromatic N) is 1. The predicted octanol–water partition coefficient (Wildman–Crippen LogP) is 3.78. The Kier molecular flexibility index (Phi) is 4.94. The number of fused-ring (bicyclic) bond motifs is 1. The van der Waals surface area contributed by atoms with E-state index in [9.17, 15) is 9.59 Å². The third kappa shape index (κ3) is 3.48. The smallest absolute Gasteiger partial charge is 0.258 e. The summed E-state index contributed by atoms with van der Waals surface area (Å²) in [4.78, 5) is 23.3. The van der Waals surface area contributed by atoms with Gasteiger partial charge in [-0.25, -0.2) is 0 Å². The van der Waals surface area contributed by atoms with Gasteiger partial charge in [-0.2, -0.15) is 0 Å². The fourth-order valence-corrected chi connectivity index (χ4v) is 2.88. The van der Waals surface area contributed by atoms with Crippen LogP contribution in [0.4, 0.5) is 0 Å².